The third-order valence-corrected chi connectivity index (χ3v) is 4.33. The lowest BCUT2D eigenvalue weighted by atomic mass is 10.0. The van der Waals surface area contributed by atoms with Gasteiger partial charge in [-0.05, 0) is 31.2 Å². The van der Waals surface area contributed by atoms with Gasteiger partial charge < -0.3 is 14.6 Å². The van der Waals surface area contributed by atoms with Gasteiger partial charge in [-0.2, -0.15) is 0 Å². The molecule has 112 valence electrons. The molecule has 0 radical (unpaired) electrons. The van der Waals surface area contributed by atoms with E-state index in [2.05, 4.69) is 53.5 Å². The predicted molar refractivity (Wildman–Crippen MR) is 85.8 cm³/mol. The van der Waals surface area contributed by atoms with E-state index in [0.29, 0.717) is 12.0 Å². The van der Waals surface area contributed by atoms with Gasteiger partial charge in [0.05, 0.1) is 6.61 Å². The highest BCUT2D eigenvalue weighted by Gasteiger charge is 2.23. The van der Waals surface area contributed by atoms with Gasteiger partial charge in [0.15, 0.2) is 0 Å². The first-order chi connectivity index (χ1) is 10.3. The zero-order valence-corrected chi connectivity index (χ0v) is 12.9. The first kappa shape index (κ1) is 14.2. The maximum atomic E-state index is 5.77. The molecule has 1 aliphatic heterocycles. The third-order valence-electron chi connectivity index (χ3n) is 4.33. The molecule has 3 rings (SSSR count). The molecule has 3 nitrogen and oxygen atoms in total. The van der Waals surface area contributed by atoms with Crippen molar-refractivity contribution in [3.63, 3.8) is 0 Å². The van der Waals surface area contributed by atoms with Crippen LogP contribution in [0.3, 0.4) is 0 Å². The van der Waals surface area contributed by atoms with E-state index in [1.165, 1.54) is 24.0 Å². The molecule has 1 aliphatic rings. The number of nitrogens with zero attached hydrogens (tertiary/aromatic N) is 1. The van der Waals surface area contributed by atoms with Crippen molar-refractivity contribution in [3.8, 4) is 5.75 Å². The number of para-hydroxylation sites is 1. The summed E-state index contributed by atoms with van der Waals surface area (Å²) in [4.78, 5) is 0. The number of aromatic nitrogens is 1. The average Bonchev–Trinajstić information content (AvgIpc) is 3.13. The zero-order valence-electron chi connectivity index (χ0n) is 12.9. The Morgan fingerprint density at radius 1 is 1.33 bits per heavy atom. The molecule has 1 aromatic heterocycles. The fourth-order valence-electron chi connectivity index (χ4n) is 3.18. The number of nitrogens with one attached hydrogen (secondary N) is 1. The second kappa shape index (κ2) is 6.35. The van der Waals surface area contributed by atoms with Crippen LogP contribution in [0.15, 0.2) is 42.7 Å². The fourth-order valence-corrected chi connectivity index (χ4v) is 3.18. The Labute approximate surface area is 126 Å². The van der Waals surface area contributed by atoms with Crippen molar-refractivity contribution in [2.45, 2.75) is 38.3 Å². The van der Waals surface area contributed by atoms with Gasteiger partial charge in [-0.25, -0.2) is 0 Å². The average molecular weight is 284 g/mol. The van der Waals surface area contributed by atoms with Crippen molar-refractivity contribution in [1.29, 1.82) is 0 Å². The first-order valence-corrected chi connectivity index (χ1v) is 7.86. The van der Waals surface area contributed by atoms with Gasteiger partial charge >= 0.3 is 0 Å². The zero-order chi connectivity index (χ0) is 14.7. The monoisotopic (exact) mass is 284 g/mol. The van der Waals surface area contributed by atoms with Crippen LogP contribution in [0, 0.1) is 0 Å². The van der Waals surface area contributed by atoms with E-state index >= 15 is 0 Å². The van der Waals surface area contributed by atoms with E-state index in [1.807, 2.05) is 13.1 Å². The number of benzene rings is 1. The maximum absolute atomic E-state index is 5.77. The summed E-state index contributed by atoms with van der Waals surface area (Å²) in [5, 5.41) is 3.40. The number of rotatable bonds is 6. The Bertz CT molecular complexity index is 590. The SMILES string of the molecule is CCCC(NC)c1ccn(CC2COc3ccccc32)c1. The van der Waals surface area contributed by atoms with Crippen LogP contribution in [0.25, 0.3) is 0 Å². The summed E-state index contributed by atoms with van der Waals surface area (Å²) >= 11 is 0. The minimum Gasteiger partial charge on any atom is -0.493 e. The molecule has 0 saturated carbocycles. The minimum atomic E-state index is 0.459. The Kier molecular flexibility index (Phi) is 4.30. The van der Waals surface area contributed by atoms with E-state index in [0.717, 1.165) is 18.9 Å². The minimum absolute atomic E-state index is 0.459. The Morgan fingerprint density at radius 3 is 3.00 bits per heavy atom. The summed E-state index contributed by atoms with van der Waals surface area (Å²) in [6.07, 6.45) is 6.84. The molecule has 1 N–H and O–H groups in total. The van der Waals surface area contributed by atoms with Gasteiger partial charge in [0, 0.05) is 36.5 Å². The highest BCUT2D eigenvalue weighted by atomic mass is 16.5. The van der Waals surface area contributed by atoms with Crippen molar-refractivity contribution in [2.75, 3.05) is 13.7 Å². The molecule has 0 spiro atoms. The molecule has 21 heavy (non-hydrogen) atoms. The van der Waals surface area contributed by atoms with Crippen molar-refractivity contribution >= 4 is 0 Å². The summed E-state index contributed by atoms with van der Waals surface area (Å²) < 4.78 is 8.07. The Balaban J connectivity index is 1.71. The van der Waals surface area contributed by atoms with Crippen LogP contribution in [-0.2, 0) is 6.54 Å². The molecule has 2 atom stereocenters. The van der Waals surface area contributed by atoms with E-state index in [1.54, 1.807) is 0 Å². The molecule has 0 saturated heterocycles. The number of ether oxygens (including phenoxy) is 1. The largest absolute Gasteiger partial charge is 0.493 e. The lowest BCUT2D eigenvalue weighted by molar-refractivity contribution is 0.319. The molecule has 0 bridgehead atoms. The van der Waals surface area contributed by atoms with Crippen LogP contribution in [0.1, 0.15) is 42.9 Å². The van der Waals surface area contributed by atoms with Crippen LogP contribution in [0.5, 0.6) is 5.75 Å². The fraction of sp³-hybridized carbons (Fsp3) is 0.444. The second-order valence-electron chi connectivity index (χ2n) is 5.82. The number of fused-ring (bicyclic) bond motifs is 1. The molecule has 1 aromatic carbocycles. The molecule has 2 aromatic rings. The normalized spacial score (nSPS) is 18.3. The Hall–Kier alpha value is -1.74. The lowest BCUT2D eigenvalue weighted by Crippen LogP contribution is -2.15. The standard InChI is InChI=1S/C18H24N2O/c1-3-6-17(19-2)14-9-10-20(11-14)12-15-13-21-18-8-5-4-7-16(15)18/h4-5,7-11,15,17,19H,3,6,12-13H2,1-2H3. The molecule has 2 unspecified atom stereocenters. The van der Waals surface area contributed by atoms with E-state index in [9.17, 15) is 0 Å². The quantitative estimate of drug-likeness (QED) is 0.875. The van der Waals surface area contributed by atoms with Gasteiger partial charge in [-0.15, -0.1) is 0 Å². The molecule has 2 heterocycles. The summed E-state index contributed by atoms with van der Waals surface area (Å²) in [5.74, 6) is 1.51. The van der Waals surface area contributed by atoms with Crippen molar-refractivity contribution < 1.29 is 4.74 Å². The van der Waals surface area contributed by atoms with Crippen molar-refractivity contribution in [2.24, 2.45) is 0 Å². The van der Waals surface area contributed by atoms with E-state index in [4.69, 9.17) is 4.74 Å². The summed E-state index contributed by atoms with van der Waals surface area (Å²) in [6, 6.07) is 11.1. The number of hydrogen-bond acceptors (Lipinski definition) is 2. The maximum Gasteiger partial charge on any atom is 0.122 e. The van der Waals surface area contributed by atoms with Gasteiger partial charge in [0.25, 0.3) is 0 Å². The molecule has 0 aliphatic carbocycles. The van der Waals surface area contributed by atoms with Crippen LogP contribution in [0.2, 0.25) is 0 Å². The summed E-state index contributed by atoms with van der Waals surface area (Å²) in [5.41, 5.74) is 2.72. The van der Waals surface area contributed by atoms with Gasteiger partial charge in [0.1, 0.15) is 5.75 Å². The van der Waals surface area contributed by atoms with Crippen LogP contribution >= 0.6 is 0 Å². The smallest absolute Gasteiger partial charge is 0.122 e. The highest BCUT2D eigenvalue weighted by molar-refractivity contribution is 5.39. The molecular formula is C18H24N2O. The van der Waals surface area contributed by atoms with Gasteiger partial charge in [-0.1, -0.05) is 31.5 Å². The summed E-state index contributed by atoms with van der Waals surface area (Å²) in [6.45, 7) is 4.00. The van der Waals surface area contributed by atoms with E-state index < -0.39 is 0 Å². The van der Waals surface area contributed by atoms with E-state index in [-0.39, 0.29) is 0 Å². The number of hydrogen-bond donors (Lipinski definition) is 1. The van der Waals surface area contributed by atoms with Crippen molar-refractivity contribution in [1.82, 2.24) is 9.88 Å². The second-order valence-corrected chi connectivity index (χ2v) is 5.82. The first-order valence-electron chi connectivity index (χ1n) is 7.86. The van der Waals surface area contributed by atoms with Gasteiger partial charge in [0.2, 0.25) is 0 Å². The lowest BCUT2D eigenvalue weighted by Gasteiger charge is -2.14. The molecular weight excluding hydrogens is 260 g/mol. The predicted octanol–water partition coefficient (Wildman–Crippen LogP) is 3.72. The van der Waals surface area contributed by atoms with Crippen molar-refractivity contribution in [3.05, 3.63) is 53.9 Å². The third kappa shape index (κ3) is 2.98. The van der Waals surface area contributed by atoms with Gasteiger partial charge in [-0.3, -0.25) is 0 Å². The molecule has 0 amide bonds. The topological polar surface area (TPSA) is 26.2 Å². The van der Waals surface area contributed by atoms with Crippen LogP contribution < -0.4 is 10.1 Å². The molecule has 3 heteroatoms. The molecule has 0 fully saturated rings. The Morgan fingerprint density at radius 2 is 2.19 bits per heavy atom. The van der Waals surface area contributed by atoms with Crippen LogP contribution in [0.4, 0.5) is 0 Å². The summed E-state index contributed by atoms with van der Waals surface area (Å²) in [7, 11) is 2.04. The highest BCUT2D eigenvalue weighted by Crippen LogP contribution is 2.34. The van der Waals surface area contributed by atoms with Crippen LogP contribution in [-0.4, -0.2) is 18.2 Å².